The smallest absolute Gasteiger partial charge is 0.0781 e. The van der Waals surface area contributed by atoms with Crippen LogP contribution in [-0.2, 0) is 0 Å². The fourth-order valence-electron chi connectivity index (χ4n) is 3.27. The van der Waals surface area contributed by atoms with Crippen molar-refractivity contribution in [2.45, 2.75) is 37.3 Å². The van der Waals surface area contributed by atoms with Gasteiger partial charge < -0.3 is 0 Å². The van der Waals surface area contributed by atoms with E-state index in [1.165, 1.54) is 21.6 Å². The first kappa shape index (κ1) is 20.2. The molecule has 2 bridgehead atoms. The van der Waals surface area contributed by atoms with Gasteiger partial charge in [-0.1, -0.05) is 98.9 Å². The fraction of sp³-hybridized carbons (Fsp3) is 0.192. The molecule has 1 nitrogen and oxygen atoms in total. The second-order valence-electron chi connectivity index (χ2n) is 6.27. The van der Waals surface area contributed by atoms with Crippen LogP contribution in [0.4, 0.5) is 0 Å². The third-order valence-electron chi connectivity index (χ3n) is 4.48. The highest BCUT2D eigenvalue weighted by Crippen LogP contribution is 2.44. The maximum Gasteiger partial charge on any atom is 0.0781 e. The quantitative estimate of drug-likeness (QED) is 0.489. The number of fused-ring (bicyclic) bond motifs is 3. The minimum atomic E-state index is 0.376. The molecule has 0 fully saturated rings. The fourth-order valence-corrected chi connectivity index (χ4v) is 4.53. The maximum atomic E-state index is 4.83. The number of nitrogens with zero attached hydrogens (tertiary/aromatic N) is 1. The second kappa shape index (κ2) is 10.1. The lowest BCUT2D eigenvalue weighted by Gasteiger charge is -2.23. The minimum absolute atomic E-state index is 0.376. The molecule has 0 spiro atoms. The van der Waals surface area contributed by atoms with Crippen LogP contribution in [0.2, 0.25) is 0 Å². The Kier molecular flexibility index (Phi) is 7.27. The summed E-state index contributed by atoms with van der Waals surface area (Å²) in [4.78, 5) is 6.15. The highest BCUT2D eigenvalue weighted by molar-refractivity contribution is 8.00. The average molecular weight is 386 g/mol. The summed E-state index contributed by atoms with van der Waals surface area (Å²) >= 11 is 1.91. The van der Waals surface area contributed by atoms with E-state index in [9.17, 15) is 0 Å². The van der Waals surface area contributed by atoms with Gasteiger partial charge in [-0.15, -0.1) is 11.8 Å². The standard InChI is InChI=1S/C24H21NS.C2H6/c1-2-3-4-10-18-11-7-8-16-25-23(18)22-15-9-14-21-19-12-5-6-13-20(17-19)26-24(21)22;1-2/h2-7,9-17,20H,8H2,1H3;1-2H3/b3-2-,10-4-;. The first-order valence-corrected chi connectivity index (χ1v) is 10.8. The zero-order valence-electron chi connectivity index (χ0n) is 16.8. The van der Waals surface area contributed by atoms with E-state index in [1.807, 2.05) is 44.8 Å². The van der Waals surface area contributed by atoms with E-state index >= 15 is 0 Å². The zero-order chi connectivity index (χ0) is 19.8. The molecule has 0 N–H and O–H groups in total. The average Bonchev–Trinajstić information content (AvgIpc) is 3.08. The molecule has 1 atom stereocenters. The molecule has 0 radical (unpaired) electrons. The molecule has 2 heterocycles. The zero-order valence-corrected chi connectivity index (χ0v) is 17.6. The third-order valence-corrected chi connectivity index (χ3v) is 5.72. The summed E-state index contributed by atoms with van der Waals surface area (Å²) in [6, 6.07) is 6.56. The van der Waals surface area contributed by atoms with Crippen molar-refractivity contribution in [2.75, 3.05) is 0 Å². The Morgan fingerprint density at radius 2 is 1.93 bits per heavy atom. The molecule has 4 rings (SSSR count). The predicted molar refractivity (Wildman–Crippen MR) is 127 cm³/mol. The number of aliphatic imine (C=N–C) groups is 1. The second-order valence-corrected chi connectivity index (χ2v) is 7.46. The molecule has 0 amide bonds. The van der Waals surface area contributed by atoms with Gasteiger partial charge in [0.25, 0.3) is 0 Å². The summed E-state index contributed by atoms with van der Waals surface area (Å²) in [5.74, 6) is 0. The molecular formula is C26H27NS. The van der Waals surface area contributed by atoms with E-state index in [2.05, 4.69) is 79.0 Å². The number of rotatable bonds is 3. The van der Waals surface area contributed by atoms with Crippen molar-refractivity contribution >= 4 is 29.2 Å². The Morgan fingerprint density at radius 3 is 2.79 bits per heavy atom. The van der Waals surface area contributed by atoms with Gasteiger partial charge in [0, 0.05) is 33.9 Å². The molecule has 28 heavy (non-hydrogen) atoms. The van der Waals surface area contributed by atoms with Gasteiger partial charge in [0.2, 0.25) is 0 Å². The van der Waals surface area contributed by atoms with Crippen LogP contribution in [0.3, 0.4) is 0 Å². The highest BCUT2D eigenvalue weighted by Gasteiger charge is 2.23. The third kappa shape index (κ3) is 4.45. The van der Waals surface area contributed by atoms with E-state index in [-0.39, 0.29) is 0 Å². The van der Waals surface area contributed by atoms with Crippen molar-refractivity contribution in [3.63, 3.8) is 0 Å². The molecule has 0 aromatic heterocycles. The number of hydrogen-bond acceptors (Lipinski definition) is 2. The van der Waals surface area contributed by atoms with Gasteiger partial charge in [-0.05, 0) is 18.1 Å². The summed E-state index contributed by atoms with van der Waals surface area (Å²) in [6.07, 6.45) is 26.6. The molecule has 1 unspecified atom stereocenters. The molecule has 0 saturated heterocycles. The van der Waals surface area contributed by atoms with Crippen molar-refractivity contribution in [3.8, 4) is 0 Å². The maximum absolute atomic E-state index is 4.83. The van der Waals surface area contributed by atoms with E-state index in [4.69, 9.17) is 4.99 Å². The molecule has 1 aliphatic carbocycles. The van der Waals surface area contributed by atoms with Crippen LogP contribution in [0.5, 0.6) is 0 Å². The Morgan fingerprint density at radius 1 is 1.07 bits per heavy atom. The van der Waals surface area contributed by atoms with E-state index in [1.54, 1.807) is 0 Å². The van der Waals surface area contributed by atoms with Crippen LogP contribution >= 0.6 is 11.8 Å². The monoisotopic (exact) mass is 385 g/mol. The SMILES string of the molecule is C/C=C\C=C/C1=C(c2cccc3c2SC2C=CC=CC3=C2)N=CCC=C1.CC. The van der Waals surface area contributed by atoms with Gasteiger partial charge in [-0.2, -0.15) is 0 Å². The first-order chi connectivity index (χ1) is 13.9. The van der Waals surface area contributed by atoms with Crippen molar-refractivity contribution in [2.24, 2.45) is 4.99 Å². The Labute approximate surface area is 173 Å². The summed E-state index contributed by atoms with van der Waals surface area (Å²) in [7, 11) is 0. The Balaban J connectivity index is 0.00000109. The summed E-state index contributed by atoms with van der Waals surface area (Å²) in [5.41, 5.74) is 6.03. The summed E-state index contributed by atoms with van der Waals surface area (Å²) < 4.78 is 0. The van der Waals surface area contributed by atoms with Gasteiger partial charge in [0.15, 0.2) is 0 Å². The molecule has 2 heteroatoms. The molecule has 0 saturated carbocycles. The highest BCUT2D eigenvalue weighted by atomic mass is 32.2. The summed E-state index contributed by atoms with van der Waals surface area (Å²) in [6.45, 7) is 6.03. The van der Waals surface area contributed by atoms with Crippen molar-refractivity contribution in [3.05, 3.63) is 102 Å². The first-order valence-electron chi connectivity index (χ1n) is 9.96. The van der Waals surface area contributed by atoms with Gasteiger partial charge in [0.05, 0.1) is 5.70 Å². The van der Waals surface area contributed by atoms with Crippen LogP contribution in [0.25, 0.3) is 11.3 Å². The lowest BCUT2D eigenvalue weighted by Crippen LogP contribution is -2.04. The predicted octanol–water partition coefficient (Wildman–Crippen LogP) is 7.57. The largest absolute Gasteiger partial charge is 0.260 e. The van der Waals surface area contributed by atoms with Crippen LogP contribution in [0.1, 0.15) is 38.3 Å². The molecular weight excluding hydrogens is 358 g/mol. The number of allylic oxidation sites excluding steroid dienone is 11. The van der Waals surface area contributed by atoms with Crippen molar-refractivity contribution in [1.29, 1.82) is 0 Å². The van der Waals surface area contributed by atoms with Crippen LogP contribution in [0, 0.1) is 0 Å². The lowest BCUT2D eigenvalue weighted by molar-refractivity contribution is 1.27. The van der Waals surface area contributed by atoms with Gasteiger partial charge in [0.1, 0.15) is 0 Å². The van der Waals surface area contributed by atoms with Gasteiger partial charge >= 0.3 is 0 Å². The van der Waals surface area contributed by atoms with E-state index < -0.39 is 0 Å². The lowest BCUT2D eigenvalue weighted by atomic mass is 9.98. The van der Waals surface area contributed by atoms with Crippen LogP contribution < -0.4 is 0 Å². The number of benzene rings is 1. The number of thioether (sulfide) groups is 1. The Bertz CT molecular complexity index is 949. The number of hydrogen-bond donors (Lipinski definition) is 0. The minimum Gasteiger partial charge on any atom is -0.260 e. The topological polar surface area (TPSA) is 12.4 Å². The summed E-state index contributed by atoms with van der Waals surface area (Å²) in [5, 5.41) is 0.376. The van der Waals surface area contributed by atoms with Crippen molar-refractivity contribution in [1.82, 2.24) is 0 Å². The van der Waals surface area contributed by atoms with Crippen molar-refractivity contribution < 1.29 is 0 Å². The molecule has 3 aliphatic rings. The van der Waals surface area contributed by atoms with Crippen LogP contribution in [0.15, 0.2) is 100 Å². The van der Waals surface area contributed by atoms with E-state index in [0.29, 0.717) is 5.25 Å². The molecule has 1 aromatic carbocycles. The van der Waals surface area contributed by atoms with Gasteiger partial charge in [-0.25, -0.2) is 0 Å². The normalized spacial score (nSPS) is 20.0. The molecule has 2 aliphatic heterocycles. The molecule has 142 valence electrons. The Hall–Kier alpha value is -2.58. The molecule has 1 aromatic rings. The van der Waals surface area contributed by atoms with Crippen LogP contribution in [-0.4, -0.2) is 11.5 Å². The van der Waals surface area contributed by atoms with Gasteiger partial charge in [-0.3, -0.25) is 4.99 Å². The van der Waals surface area contributed by atoms with E-state index in [0.717, 1.165) is 17.7 Å².